The van der Waals surface area contributed by atoms with Crippen molar-refractivity contribution in [2.24, 2.45) is 0 Å². The van der Waals surface area contributed by atoms with Gasteiger partial charge >= 0.3 is 11.7 Å². The van der Waals surface area contributed by atoms with E-state index in [1.165, 1.54) is 36.9 Å². The molecule has 1 saturated heterocycles. The van der Waals surface area contributed by atoms with E-state index >= 15 is 0 Å². The fourth-order valence-corrected chi connectivity index (χ4v) is 3.32. The molecule has 1 fully saturated rings. The number of hydrogen-bond acceptors (Lipinski definition) is 6. The smallest absolute Gasteiger partial charge is 0.420 e. The molecule has 0 unspecified atom stereocenters. The molecule has 0 amide bonds. The average molecular weight is 326 g/mol. The van der Waals surface area contributed by atoms with E-state index in [0.29, 0.717) is 11.9 Å². The lowest BCUT2D eigenvalue weighted by atomic mass is 10.2. The Labute approximate surface area is 125 Å². The highest BCUT2D eigenvalue weighted by atomic mass is 32.2. The lowest BCUT2D eigenvalue weighted by Crippen LogP contribution is -2.23. The van der Waals surface area contributed by atoms with Crippen LogP contribution in [-0.2, 0) is 19.6 Å². The minimum Gasteiger partial charge on any atom is -0.464 e. The van der Waals surface area contributed by atoms with Crippen LogP contribution >= 0.6 is 0 Å². The first kappa shape index (κ1) is 14.8. The van der Waals surface area contributed by atoms with Gasteiger partial charge in [-0.2, -0.15) is 0 Å². The molecular weight excluding hydrogens is 312 g/mol. The third-order valence-electron chi connectivity index (χ3n) is 3.58. The zero-order valence-electron chi connectivity index (χ0n) is 12.0. The molecule has 3 rings (SSSR count). The van der Waals surface area contributed by atoms with Crippen LogP contribution in [0.15, 0.2) is 32.3 Å². The van der Waals surface area contributed by atoms with Crippen molar-refractivity contribution < 1.29 is 22.4 Å². The lowest BCUT2D eigenvalue weighted by Gasteiger charge is -2.11. The topological polar surface area (TPSA) is 98.8 Å². The zero-order chi connectivity index (χ0) is 16.1. The maximum Gasteiger partial charge on any atom is 0.420 e. The normalized spacial score (nSPS) is 19.0. The van der Waals surface area contributed by atoms with Gasteiger partial charge in [0.25, 0.3) is 0 Å². The highest BCUT2D eigenvalue weighted by Gasteiger charge is 2.32. The van der Waals surface area contributed by atoms with Crippen LogP contribution in [0.4, 0.5) is 0 Å². The minimum absolute atomic E-state index is 0.0138. The first-order valence-corrected chi connectivity index (χ1v) is 8.00. The summed E-state index contributed by atoms with van der Waals surface area (Å²) >= 11 is 0. The summed E-state index contributed by atoms with van der Waals surface area (Å²) in [6.07, 6.45) is 0.380. The van der Waals surface area contributed by atoms with Gasteiger partial charge in [0.15, 0.2) is 5.58 Å². The lowest BCUT2D eigenvalue weighted by molar-refractivity contribution is -0.140. The van der Waals surface area contributed by atoms with Crippen LogP contribution in [0, 0.1) is 0 Å². The molecule has 0 N–H and O–H groups in total. The molecule has 2 aromatic rings. The highest BCUT2D eigenvalue weighted by Crippen LogP contribution is 2.26. The molecule has 8 nitrogen and oxygen atoms in total. The quantitative estimate of drug-likeness (QED) is 0.754. The van der Waals surface area contributed by atoms with E-state index in [0.717, 1.165) is 4.31 Å². The van der Waals surface area contributed by atoms with Crippen LogP contribution in [0.1, 0.15) is 12.5 Å². The Morgan fingerprint density at radius 2 is 2.00 bits per heavy atom. The zero-order valence-corrected chi connectivity index (χ0v) is 12.8. The molecule has 1 aromatic heterocycles. The third kappa shape index (κ3) is 2.13. The fourth-order valence-electron chi connectivity index (χ4n) is 2.40. The Morgan fingerprint density at radius 1 is 1.27 bits per heavy atom. The number of fused-ring (bicyclic) bond motifs is 1. The van der Waals surface area contributed by atoms with Gasteiger partial charge in [-0.25, -0.2) is 22.3 Å². The van der Waals surface area contributed by atoms with Crippen LogP contribution in [-0.4, -0.2) is 44.0 Å². The number of benzene rings is 1. The van der Waals surface area contributed by atoms with Crippen LogP contribution in [0.2, 0.25) is 0 Å². The van der Waals surface area contributed by atoms with E-state index in [9.17, 15) is 18.0 Å². The second-order valence-corrected chi connectivity index (χ2v) is 7.28. The molecule has 0 aliphatic carbocycles. The van der Waals surface area contributed by atoms with Gasteiger partial charge < -0.3 is 9.15 Å². The number of oxazole rings is 1. The fraction of sp³-hybridized carbons (Fsp3) is 0.385. The number of ether oxygens (including phenoxy) is 1. The summed E-state index contributed by atoms with van der Waals surface area (Å²) in [5.74, 6) is -1.20. The monoisotopic (exact) mass is 326 g/mol. The van der Waals surface area contributed by atoms with E-state index in [4.69, 9.17) is 9.15 Å². The summed E-state index contributed by atoms with van der Waals surface area (Å²) in [7, 11) is -0.807. The van der Waals surface area contributed by atoms with Crippen LogP contribution in [0.25, 0.3) is 11.1 Å². The molecule has 22 heavy (non-hydrogen) atoms. The number of esters is 1. The Bertz CT molecular complexity index is 908. The van der Waals surface area contributed by atoms with E-state index in [-0.39, 0.29) is 17.1 Å². The maximum atomic E-state index is 12.1. The second-order valence-electron chi connectivity index (χ2n) is 5.13. The molecule has 1 aliphatic rings. The first-order chi connectivity index (χ1) is 10.3. The Balaban J connectivity index is 2.18. The number of hydrogen-bond donors (Lipinski definition) is 0. The van der Waals surface area contributed by atoms with Crippen LogP contribution < -0.4 is 5.76 Å². The summed E-state index contributed by atoms with van der Waals surface area (Å²) in [5.41, 5.74) is 0.485. The summed E-state index contributed by atoms with van der Waals surface area (Å²) in [6.45, 7) is 0.246. The minimum atomic E-state index is -3.63. The highest BCUT2D eigenvalue weighted by molar-refractivity contribution is 7.89. The summed E-state index contributed by atoms with van der Waals surface area (Å²) in [6, 6.07) is 3.39. The number of cyclic esters (lactones) is 1. The molecule has 9 heteroatoms. The molecule has 1 atom stereocenters. The molecule has 0 spiro atoms. The molecule has 0 bridgehead atoms. The third-order valence-corrected chi connectivity index (χ3v) is 5.39. The van der Waals surface area contributed by atoms with Crippen molar-refractivity contribution in [2.45, 2.75) is 17.4 Å². The van der Waals surface area contributed by atoms with Crippen molar-refractivity contribution in [2.75, 3.05) is 20.7 Å². The maximum absolute atomic E-state index is 12.1. The Morgan fingerprint density at radius 3 is 2.59 bits per heavy atom. The van der Waals surface area contributed by atoms with Gasteiger partial charge in [0.2, 0.25) is 10.0 Å². The van der Waals surface area contributed by atoms with Crippen molar-refractivity contribution in [3.8, 4) is 0 Å². The molecule has 2 heterocycles. The number of aromatic nitrogens is 1. The SMILES string of the molecule is CN(C)S(=O)(=O)c1ccc2c(c1)oc(=O)n2[C@H]1CCOC1=O. The van der Waals surface area contributed by atoms with Gasteiger partial charge in [-0.05, 0) is 12.1 Å². The number of rotatable bonds is 3. The second kappa shape index (κ2) is 4.96. The Hall–Kier alpha value is -2.13. The largest absolute Gasteiger partial charge is 0.464 e. The summed E-state index contributed by atoms with van der Waals surface area (Å²) < 4.78 is 36.4. The summed E-state index contributed by atoms with van der Waals surface area (Å²) in [5, 5.41) is 0. The molecule has 118 valence electrons. The van der Waals surface area contributed by atoms with Gasteiger partial charge in [-0.1, -0.05) is 0 Å². The summed E-state index contributed by atoms with van der Waals surface area (Å²) in [4.78, 5) is 23.7. The van der Waals surface area contributed by atoms with Crippen molar-refractivity contribution in [3.05, 3.63) is 28.7 Å². The van der Waals surface area contributed by atoms with Crippen LogP contribution in [0.3, 0.4) is 0 Å². The first-order valence-electron chi connectivity index (χ1n) is 6.56. The number of carbonyl (C=O) groups excluding carboxylic acids is 1. The van der Waals surface area contributed by atoms with Gasteiger partial charge in [0.05, 0.1) is 17.0 Å². The average Bonchev–Trinajstić information content (AvgIpc) is 2.99. The molecular formula is C13H14N2O6S. The Kier molecular flexibility index (Phi) is 3.33. The van der Waals surface area contributed by atoms with E-state index in [1.807, 2.05) is 0 Å². The van der Waals surface area contributed by atoms with E-state index < -0.39 is 27.8 Å². The predicted octanol–water partition coefficient (Wildman–Crippen LogP) is 0.333. The van der Waals surface area contributed by atoms with Crippen molar-refractivity contribution >= 4 is 27.1 Å². The predicted molar refractivity (Wildman–Crippen MR) is 76.0 cm³/mol. The van der Waals surface area contributed by atoms with Crippen molar-refractivity contribution in [1.82, 2.24) is 8.87 Å². The standard InChI is InChI=1S/C13H14N2O6S/c1-14(2)22(18,19)8-3-4-9-11(7-8)21-13(17)15(9)10-5-6-20-12(10)16/h3-4,7,10H,5-6H2,1-2H3/t10-/m0/s1. The molecule has 0 radical (unpaired) electrons. The van der Waals surface area contributed by atoms with Gasteiger partial charge in [0.1, 0.15) is 6.04 Å². The molecule has 1 aromatic carbocycles. The van der Waals surface area contributed by atoms with Gasteiger partial charge in [-0.3, -0.25) is 4.57 Å². The molecule has 0 saturated carbocycles. The number of sulfonamides is 1. The van der Waals surface area contributed by atoms with Gasteiger partial charge in [0, 0.05) is 26.6 Å². The van der Waals surface area contributed by atoms with Gasteiger partial charge in [-0.15, -0.1) is 0 Å². The number of carbonyl (C=O) groups is 1. The van der Waals surface area contributed by atoms with E-state index in [2.05, 4.69) is 0 Å². The van der Waals surface area contributed by atoms with Crippen molar-refractivity contribution in [1.29, 1.82) is 0 Å². The van der Waals surface area contributed by atoms with Crippen molar-refractivity contribution in [3.63, 3.8) is 0 Å². The van der Waals surface area contributed by atoms with Crippen LogP contribution in [0.5, 0.6) is 0 Å². The number of nitrogens with zero attached hydrogens (tertiary/aromatic N) is 2. The molecule has 1 aliphatic heterocycles. The van der Waals surface area contributed by atoms with E-state index in [1.54, 1.807) is 0 Å².